The van der Waals surface area contributed by atoms with Gasteiger partial charge < -0.3 is 5.32 Å². The minimum Gasteiger partial charge on any atom is -0.346 e. The summed E-state index contributed by atoms with van der Waals surface area (Å²) >= 11 is 0. The molecule has 1 amide bonds. The first-order valence-corrected chi connectivity index (χ1v) is 5.75. The lowest BCUT2D eigenvalue weighted by Crippen LogP contribution is -2.23. The molecule has 0 radical (unpaired) electrons. The molecule has 0 bridgehead atoms. The first kappa shape index (κ1) is 12.7. The van der Waals surface area contributed by atoms with E-state index in [0.29, 0.717) is 23.4 Å². The van der Waals surface area contributed by atoms with E-state index in [9.17, 15) is 4.79 Å². The van der Waals surface area contributed by atoms with Crippen LogP contribution in [0.15, 0.2) is 36.7 Å². The van der Waals surface area contributed by atoms with Crippen LogP contribution >= 0.6 is 0 Å². The van der Waals surface area contributed by atoms with Crippen molar-refractivity contribution in [2.45, 2.75) is 13.5 Å². The van der Waals surface area contributed by atoms with Gasteiger partial charge in [-0.1, -0.05) is 6.07 Å². The van der Waals surface area contributed by atoms with Gasteiger partial charge in [0.1, 0.15) is 0 Å². The first-order valence-electron chi connectivity index (χ1n) is 5.75. The summed E-state index contributed by atoms with van der Waals surface area (Å²) in [6.07, 6.45) is 3.28. The van der Waals surface area contributed by atoms with Gasteiger partial charge in [0.2, 0.25) is 0 Å². The molecule has 2 rings (SSSR count). The lowest BCUT2D eigenvalue weighted by atomic mass is 10.1. The average Bonchev–Trinajstić information content (AvgIpc) is 2.46. The summed E-state index contributed by atoms with van der Waals surface area (Å²) in [6.45, 7) is 2.16. The molecule has 0 aliphatic carbocycles. The Bertz CT molecular complexity index is 629. The van der Waals surface area contributed by atoms with Gasteiger partial charge in [0.15, 0.2) is 0 Å². The minimum atomic E-state index is -0.237. The zero-order chi connectivity index (χ0) is 13.7. The third-order valence-corrected chi connectivity index (χ3v) is 2.52. The summed E-state index contributed by atoms with van der Waals surface area (Å²) in [4.78, 5) is 20.1. The van der Waals surface area contributed by atoms with Crippen molar-refractivity contribution in [1.29, 1.82) is 5.26 Å². The fourth-order valence-corrected chi connectivity index (χ4v) is 1.51. The number of benzene rings is 1. The summed E-state index contributed by atoms with van der Waals surface area (Å²) in [5.41, 5.74) is 2.44. The second-order valence-corrected chi connectivity index (χ2v) is 4.02. The monoisotopic (exact) mass is 252 g/mol. The number of carbonyl (C=O) groups is 1. The Morgan fingerprint density at radius 2 is 2.21 bits per heavy atom. The molecule has 1 heterocycles. The van der Waals surface area contributed by atoms with Crippen LogP contribution in [-0.4, -0.2) is 15.9 Å². The largest absolute Gasteiger partial charge is 0.346 e. The van der Waals surface area contributed by atoms with Gasteiger partial charge >= 0.3 is 0 Å². The number of nitrogens with zero attached hydrogens (tertiary/aromatic N) is 3. The van der Waals surface area contributed by atoms with E-state index in [2.05, 4.69) is 15.3 Å². The number of nitriles is 1. The van der Waals surface area contributed by atoms with Crippen molar-refractivity contribution < 1.29 is 4.79 Å². The number of aromatic nitrogens is 2. The van der Waals surface area contributed by atoms with Crippen LogP contribution in [0.2, 0.25) is 0 Å². The molecule has 1 N–H and O–H groups in total. The first-order chi connectivity index (χ1) is 9.19. The Morgan fingerprint density at radius 3 is 2.89 bits per heavy atom. The van der Waals surface area contributed by atoms with Gasteiger partial charge in [-0.3, -0.25) is 14.8 Å². The number of amides is 1. The van der Waals surface area contributed by atoms with E-state index in [1.807, 2.05) is 13.0 Å². The molecule has 2 aromatic rings. The molecule has 1 aromatic heterocycles. The van der Waals surface area contributed by atoms with Crippen molar-refractivity contribution >= 4 is 5.91 Å². The smallest absolute Gasteiger partial charge is 0.251 e. The van der Waals surface area contributed by atoms with Gasteiger partial charge in [0.05, 0.1) is 35.8 Å². The summed E-state index contributed by atoms with van der Waals surface area (Å²) in [5.74, 6) is -0.237. The Kier molecular flexibility index (Phi) is 3.84. The Balaban J connectivity index is 2.01. The van der Waals surface area contributed by atoms with Gasteiger partial charge in [-0.15, -0.1) is 0 Å². The number of nitrogens with one attached hydrogen (secondary N) is 1. The highest BCUT2D eigenvalue weighted by molar-refractivity contribution is 5.94. The third kappa shape index (κ3) is 3.36. The zero-order valence-corrected chi connectivity index (χ0v) is 10.4. The van der Waals surface area contributed by atoms with Crippen molar-refractivity contribution in [1.82, 2.24) is 15.3 Å². The normalized spacial score (nSPS) is 9.68. The van der Waals surface area contributed by atoms with Crippen molar-refractivity contribution in [2.24, 2.45) is 0 Å². The van der Waals surface area contributed by atoms with E-state index in [-0.39, 0.29) is 5.91 Å². The minimum absolute atomic E-state index is 0.237. The molecule has 0 saturated carbocycles. The summed E-state index contributed by atoms with van der Waals surface area (Å²) in [5, 5.41) is 11.5. The van der Waals surface area contributed by atoms with Crippen molar-refractivity contribution in [3.05, 3.63) is 59.2 Å². The van der Waals surface area contributed by atoms with Gasteiger partial charge in [0.25, 0.3) is 5.91 Å². The second kappa shape index (κ2) is 5.74. The molecule has 19 heavy (non-hydrogen) atoms. The Labute approximate surface area is 110 Å². The molecular formula is C14H12N4O. The summed E-state index contributed by atoms with van der Waals surface area (Å²) in [7, 11) is 0. The number of carbonyl (C=O) groups excluding carboxylic acids is 1. The SMILES string of the molecule is Cc1cnc(CNC(=O)c2cccc(C#N)c2)cn1. The van der Waals surface area contributed by atoms with Crippen molar-refractivity contribution in [2.75, 3.05) is 0 Å². The molecule has 0 spiro atoms. The van der Waals surface area contributed by atoms with Crippen LogP contribution in [0.25, 0.3) is 0 Å². The van der Waals surface area contributed by atoms with Gasteiger partial charge in [-0.2, -0.15) is 5.26 Å². The third-order valence-electron chi connectivity index (χ3n) is 2.52. The van der Waals surface area contributed by atoms with Crippen LogP contribution in [-0.2, 0) is 6.54 Å². The fourth-order valence-electron chi connectivity index (χ4n) is 1.51. The fraction of sp³-hybridized carbons (Fsp3) is 0.143. The highest BCUT2D eigenvalue weighted by Crippen LogP contribution is 2.04. The van der Waals surface area contributed by atoms with Crippen LogP contribution in [0, 0.1) is 18.3 Å². The van der Waals surface area contributed by atoms with Gasteiger partial charge in [0, 0.05) is 11.8 Å². The van der Waals surface area contributed by atoms with Gasteiger partial charge in [-0.05, 0) is 25.1 Å². The highest BCUT2D eigenvalue weighted by atomic mass is 16.1. The number of aryl methyl sites for hydroxylation is 1. The lowest BCUT2D eigenvalue weighted by Gasteiger charge is -2.05. The quantitative estimate of drug-likeness (QED) is 0.899. The maximum Gasteiger partial charge on any atom is 0.251 e. The van der Waals surface area contributed by atoms with E-state index in [0.717, 1.165) is 5.69 Å². The molecule has 1 aromatic carbocycles. The number of hydrogen-bond donors (Lipinski definition) is 1. The molecule has 0 aliphatic rings. The zero-order valence-electron chi connectivity index (χ0n) is 10.4. The van der Waals surface area contributed by atoms with Crippen LogP contribution in [0.4, 0.5) is 0 Å². The topological polar surface area (TPSA) is 78.7 Å². The highest BCUT2D eigenvalue weighted by Gasteiger charge is 2.06. The van der Waals surface area contributed by atoms with Crippen molar-refractivity contribution in [3.8, 4) is 6.07 Å². The molecule has 5 nitrogen and oxygen atoms in total. The van der Waals surface area contributed by atoms with Crippen LogP contribution in [0.3, 0.4) is 0 Å². The van der Waals surface area contributed by atoms with E-state index < -0.39 is 0 Å². The number of hydrogen-bond acceptors (Lipinski definition) is 4. The van der Waals surface area contributed by atoms with Crippen LogP contribution in [0.5, 0.6) is 0 Å². The van der Waals surface area contributed by atoms with E-state index >= 15 is 0 Å². The molecule has 94 valence electrons. The molecule has 5 heteroatoms. The maximum atomic E-state index is 11.9. The van der Waals surface area contributed by atoms with Gasteiger partial charge in [-0.25, -0.2) is 0 Å². The average molecular weight is 252 g/mol. The molecule has 0 fully saturated rings. The number of rotatable bonds is 3. The standard InChI is InChI=1S/C14H12N4O/c1-10-7-17-13(8-16-10)9-18-14(19)12-4-2-3-11(5-12)6-15/h2-5,7-8H,9H2,1H3,(H,18,19). The van der Waals surface area contributed by atoms with E-state index in [1.165, 1.54) is 0 Å². The van der Waals surface area contributed by atoms with E-state index in [4.69, 9.17) is 5.26 Å². The molecule has 0 unspecified atom stereocenters. The Hall–Kier alpha value is -2.74. The van der Waals surface area contributed by atoms with Crippen molar-refractivity contribution in [3.63, 3.8) is 0 Å². The summed E-state index contributed by atoms with van der Waals surface area (Å²) < 4.78 is 0. The van der Waals surface area contributed by atoms with Crippen LogP contribution < -0.4 is 5.32 Å². The maximum absolute atomic E-state index is 11.9. The van der Waals surface area contributed by atoms with E-state index in [1.54, 1.807) is 36.7 Å². The second-order valence-electron chi connectivity index (χ2n) is 4.02. The predicted octanol–water partition coefficient (Wildman–Crippen LogP) is 1.59. The molecule has 0 aliphatic heterocycles. The molecular weight excluding hydrogens is 240 g/mol. The lowest BCUT2D eigenvalue weighted by molar-refractivity contribution is 0.0950. The molecule has 0 atom stereocenters. The van der Waals surface area contributed by atoms with Crippen LogP contribution in [0.1, 0.15) is 27.3 Å². The predicted molar refractivity (Wildman–Crippen MR) is 69.1 cm³/mol. The molecule has 0 saturated heterocycles. The Morgan fingerprint density at radius 1 is 1.37 bits per heavy atom. The summed E-state index contributed by atoms with van der Waals surface area (Å²) in [6, 6.07) is 8.55.